The van der Waals surface area contributed by atoms with E-state index < -0.39 is 7.40 Å². The van der Waals surface area contributed by atoms with Crippen molar-refractivity contribution in [3.63, 3.8) is 0 Å². The van der Waals surface area contributed by atoms with Crippen LogP contribution in [0.2, 0.25) is 0 Å². The van der Waals surface area contributed by atoms with Gasteiger partial charge in [0.15, 0.2) is 0 Å². The summed E-state index contributed by atoms with van der Waals surface area (Å²) in [6.45, 7) is 0. The molecule has 0 bridgehead atoms. The molecule has 2 nitrogen and oxygen atoms in total. The van der Waals surface area contributed by atoms with Crippen LogP contribution in [0.15, 0.2) is 0 Å². The van der Waals surface area contributed by atoms with Gasteiger partial charge in [-0.15, -0.1) is 0 Å². The number of hydrogen-bond acceptors (Lipinski definition) is 2. The average molecular weight is 115 g/mol. The molecule has 6 heavy (non-hydrogen) atoms. The Kier molecular flexibility index (Phi) is 25.7. The zero-order chi connectivity index (χ0) is 3.58. The van der Waals surface area contributed by atoms with Gasteiger partial charge in [-0.2, -0.15) is 0 Å². The van der Waals surface area contributed by atoms with Crippen LogP contribution in [0.4, 0.5) is 4.32 Å². The first-order valence-corrected chi connectivity index (χ1v) is 0.735. The molecule has 0 aromatic heterocycles. The van der Waals surface area contributed by atoms with Crippen LogP contribution in [-0.2, 0) is 0 Å². The number of hydrogen-bond donors (Lipinski definition) is 2. The molecule has 0 aromatic carbocycles. The fraction of sp³-hybridized carbons (Fsp3) is 0. The third-order valence-corrected chi connectivity index (χ3v) is 0. The van der Waals surface area contributed by atoms with Gasteiger partial charge in [0.1, 0.15) is 0 Å². The smallest absolute Gasteiger partial charge is 1.00 e. The monoisotopic (exact) mass is 115 g/mol. The van der Waals surface area contributed by atoms with E-state index in [1.807, 2.05) is 0 Å². The number of halogens is 1. The summed E-state index contributed by atoms with van der Waals surface area (Å²) in [7, 11) is -2.67. The molecule has 30 valence electrons. The van der Waals surface area contributed by atoms with Crippen molar-refractivity contribution in [1.82, 2.24) is 0 Å². The van der Waals surface area contributed by atoms with Gasteiger partial charge in [0, 0.05) is 0 Å². The van der Waals surface area contributed by atoms with Crippen LogP contribution < -0.4 is 51.4 Å². The van der Waals surface area contributed by atoms with Crippen LogP contribution in [-0.4, -0.2) is 27.6 Å². The summed E-state index contributed by atoms with van der Waals surface area (Å²) in [5.74, 6) is 0. The molecule has 0 radical (unpaired) electrons. The molecule has 0 saturated carbocycles. The van der Waals surface area contributed by atoms with E-state index in [2.05, 4.69) is 0 Å². The van der Waals surface area contributed by atoms with Crippen molar-refractivity contribution in [2.45, 2.75) is 0 Å². The van der Waals surface area contributed by atoms with Crippen molar-refractivity contribution in [3.8, 4) is 0 Å². The van der Waals surface area contributed by atoms with Gasteiger partial charge in [0.2, 0.25) is 0 Å². The van der Waals surface area contributed by atoms with Crippen LogP contribution in [0.1, 0.15) is 4.28 Å². The minimum Gasteiger partial charge on any atom is -1.00 e. The van der Waals surface area contributed by atoms with Crippen LogP contribution in [0.5, 0.6) is 0 Å². The summed E-state index contributed by atoms with van der Waals surface area (Å²) >= 11 is 0. The van der Waals surface area contributed by atoms with Gasteiger partial charge in [-0.25, -0.2) is 0 Å². The van der Waals surface area contributed by atoms with E-state index in [-0.39, 0.29) is 65.8 Å². The Hall–Kier alpha value is 1.72. The van der Waals surface area contributed by atoms with Gasteiger partial charge < -0.3 is 14.3 Å². The maximum atomic E-state index is 10.1. The number of rotatable bonds is 0. The predicted molar refractivity (Wildman–Crippen MR) is 20.4 cm³/mol. The van der Waals surface area contributed by atoms with Crippen molar-refractivity contribution in [1.29, 1.82) is 0 Å². The maximum Gasteiger partial charge on any atom is 2.00 e. The van der Waals surface area contributed by atoms with Gasteiger partial charge in [-0.3, -0.25) is 4.32 Å². The second-order valence-electron chi connectivity index (χ2n) is 0.311. The normalized spacial score (nSPS) is 4.50. The Morgan fingerprint density at radius 2 is 1.50 bits per heavy atom. The fourth-order valence-electron chi connectivity index (χ4n) is 0. The van der Waals surface area contributed by atoms with Gasteiger partial charge >= 0.3 is 68.9 Å². The van der Waals surface area contributed by atoms with Crippen LogP contribution in [0.25, 0.3) is 0 Å². The molecule has 0 aromatic rings. The van der Waals surface area contributed by atoms with Crippen molar-refractivity contribution < 1.29 is 70.0 Å². The van der Waals surface area contributed by atoms with Crippen LogP contribution >= 0.6 is 0 Å². The molecule has 0 aliphatic rings. The molecular formula is H5BBeFKO2. The molecule has 2 N–H and O–H groups in total. The molecule has 0 aliphatic carbocycles. The third kappa shape index (κ3) is 43.1. The minimum atomic E-state index is -2.67. The summed E-state index contributed by atoms with van der Waals surface area (Å²) in [6, 6.07) is 0. The minimum absolute atomic E-state index is 0. The second-order valence-corrected chi connectivity index (χ2v) is 0.311. The van der Waals surface area contributed by atoms with Crippen molar-refractivity contribution in [2.24, 2.45) is 0 Å². The third-order valence-electron chi connectivity index (χ3n) is 0. The van der Waals surface area contributed by atoms with Crippen LogP contribution in [0.3, 0.4) is 0 Å². The molecule has 0 rings (SSSR count). The van der Waals surface area contributed by atoms with Crippen molar-refractivity contribution in [3.05, 3.63) is 0 Å². The summed E-state index contributed by atoms with van der Waals surface area (Å²) in [5.41, 5.74) is 0. The van der Waals surface area contributed by atoms with E-state index in [0.717, 1.165) is 0 Å². The molecule has 0 amide bonds. The topological polar surface area (TPSA) is 40.5 Å². The van der Waals surface area contributed by atoms with E-state index in [0.29, 0.717) is 0 Å². The molecule has 0 unspecified atom stereocenters. The van der Waals surface area contributed by atoms with E-state index in [1.165, 1.54) is 0 Å². The van der Waals surface area contributed by atoms with E-state index >= 15 is 0 Å². The largest absolute Gasteiger partial charge is 2.00 e. The molecule has 0 heterocycles. The first-order valence-electron chi connectivity index (χ1n) is 0.735. The summed E-state index contributed by atoms with van der Waals surface area (Å²) < 4.78 is 10.1. The van der Waals surface area contributed by atoms with Gasteiger partial charge in [0.25, 0.3) is 0 Å². The fourth-order valence-corrected chi connectivity index (χ4v) is 0. The van der Waals surface area contributed by atoms with Crippen LogP contribution in [0, 0.1) is 0 Å². The Labute approximate surface area is 86.4 Å². The van der Waals surface area contributed by atoms with E-state index in [9.17, 15) is 4.32 Å². The first-order chi connectivity index (χ1) is 1.73. The molecule has 0 saturated heterocycles. The average Bonchev–Trinajstić information content (AvgIpc) is 0.811. The van der Waals surface area contributed by atoms with Crippen molar-refractivity contribution >= 4 is 17.5 Å². The van der Waals surface area contributed by atoms with E-state index in [1.54, 1.807) is 0 Å². The molecule has 0 spiro atoms. The summed E-state index contributed by atoms with van der Waals surface area (Å²) in [4.78, 5) is 0. The maximum absolute atomic E-state index is 10.1. The molecule has 0 atom stereocenters. The Morgan fingerprint density at radius 3 is 1.50 bits per heavy atom. The second kappa shape index (κ2) is 9.87. The Morgan fingerprint density at radius 1 is 1.50 bits per heavy atom. The van der Waals surface area contributed by atoms with Gasteiger partial charge in [-0.1, -0.05) is 0 Å². The first kappa shape index (κ1) is 15.6. The standard InChI is InChI=1S/BFH2O2.Be.K.3H/c2-1(3)4;;;;;/h3-4H;;;;;/q;+2;+1;3*-1. The van der Waals surface area contributed by atoms with Crippen molar-refractivity contribution in [2.75, 3.05) is 0 Å². The van der Waals surface area contributed by atoms with E-state index in [4.69, 9.17) is 10.0 Å². The molecule has 6 heteroatoms. The zero-order valence-electron chi connectivity index (χ0n) is 6.56. The molecule has 0 aliphatic heterocycles. The SMILES string of the molecule is OB(O)F.[Be+2].[H-].[H-].[H-].[K+]. The van der Waals surface area contributed by atoms with Gasteiger partial charge in [-0.05, 0) is 0 Å². The molecule has 0 fully saturated rings. The Balaban J connectivity index is -0.00000000450. The summed E-state index contributed by atoms with van der Waals surface area (Å²) in [5, 5.41) is 13.9. The van der Waals surface area contributed by atoms with Gasteiger partial charge in [0.05, 0.1) is 0 Å². The predicted octanol–water partition coefficient (Wildman–Crippen LogP) is -4.11. The molecular weight excluding hydrogens is 110 g/mol. The Bertz CT molecular complexity index is 26.5. The quantitative estimate of drug-likeness (QED) is 0.315. The summed E-state index contributed by atoms with van der Waals surface area (Å²) in [6.07, 6.45) is 0. The zero-order valence-corrected chi connectivity index (χ0v) is 6.68.